The zero-order valence-electron chi connectivity index (χ0n) is 13.9. The highest BCUT2D eigenvalue weighted by atomic mass is 19.2. The first-order valence-electron chi connectivity index (χ1n) is 8.36. The van der Waals surface area contributed by atoms with Gasteiger partial charge in [0.1, 0.15) is 0 Å². The summed E-state index contributed by atoms with van der Waals surface area (Å²) in [6.07, 6.45) is 2.06. The van der Waals surface area contributed by atoms with Crippen molar-refractivity contribution in [2.75, 3.05) is 37.6 Å². The molecule has 0 spiro atoms. The molecule has 0 aliphatic carbocycles. The number of guanidine groups is 1. The van der Waals surface area contributed by atoms with E-state index in [1.54, 1.807) is 6.07 Å². The standard InChI is InChI=1S/C17H26F2N4/c1-3-8-21-17(20-4-2)22-11-13-7-9-23(12-13)14-5-6-15(18)16(19)10-14/h5-6,10,13H,3-4,7-9,11-12H2,1-2H3,(H2,20,21,22). The lowest BCUT2D eigenvalue weighted by atomic mass is 10.1. The van der Waals surface area contributed by atoms with Gasteiger partial charge in [-0.1, -0.05) is 6.92 Å². The Balaban J connectivity index is 1.90. The summed E-state index contributed by atoms with van der Waals surface area (Å²) in [6, 6.07) is 4.10. The Labute approximate surface area is 137 Å². The summed E-state index contributed by atoms with van der Waals surface area (Å²) in [7, 11) is 0. The van der Waals surface area contributed by atoms with Crippen LogP contribution >= 0.6 is 0 Å². The van der Waals surface area contributed by atoms with Gasteiger partial charge in [-0.25, -0.2) is 8.78 Å². The largest absolute Gasteiger partial charge is 0.371 e. The molecule has 0 radical (unpaired) electrons. The fraction of sp³-hybridized carbons (Fsp3) is 0.588. The van der Waals surface area contributed by atoms with Crippen LogP contribution in [0, 0.1) is 17.6 Å². The summed E-state index contributed by atoms with van der Waals surface area (Å²) in [4.78, 5) is 6.72. The lowest BCUT2D eigenvalue weighted by Crippen LogP contribution is -2.38. The first-order chi connectivity index (χ1) is 11.1. The van der Waals surface area contributed by atoms with Gasteiger partial charge < -0.3 is 15.5 Å². The molecule has 2 N–H and O–H groups in total. The Morgan fingerprint density at radius 2 is 2.09 bits per heavy atom. The van der Waals surface area contributed by atoms with Gasteiger partial charge in [0.2, 0.25) is 0 Å². The molecule has 23 heavy (non-hydrogen) atoms. The molecular weight excluding hydrogens is 298 g/mol. The molecule has 0 bridgehead atoms. The highest BCUT2D eigenvalue weighted by Crippen LogP contribution is 2.25. The molecule has 4 nitrogen and oxygen atoms in total. The van der Waals surface area contributed by atoms with Crippen LogP contribution in [-0.2, 0) is 0 Å². The molecule has 1 unspecified atom stereocenters. The lowest BCUT2D eigenvalue weighted by molar-refractivity contribution is 0.508. The summed E-state index contributed by atoms with van der Waals surface area (Å²) in [6.45, 7) is 8.31. The van der Waals surface area contributed by atoms with E-state index in [-0.39, 0.29) is 0 Å². The summed E-state index contributed by atoms with van der Waals surface area (Å²) in [5.74, 6) is -0.311. The van der Waals surface area contributed by atoms with Gasteiger partial charge in [0, 0.05) is 44.5 Å². The summed E-state index contributed by atoms with van der Waals surface area (Å²) >= 11 is 0. The average molecular weight is 324 g/mol. The lowest BCUT2D eigenvalue weighted by Gasteiger charge is -2.18. The third-order valence-electron chi connectivity index (χ3n) is 3.95. The molecule has 1 atom stereocenters. The van der Waals surface area contributed by atoms with Crippen molar-refractivity contribution < 1.29 is 8.78 Å². The van der Waals surface area contributed by atoms with Gasteiger partial charge in [-0.2, -0.15) is 0 Å². The molecule has 1 heterocycles. The number of halogens is 2. The summed E-state index contributed by atoms with van der Waals surface area (Å²) in [5, 5.41) is 6.52. The second kappa shape index (κ2) is 8.70. The number of hydrogen-bond donors (Lipinski definition) is 2. The predicted molar refractivity (Wildman–Crippen MR) is 91.0 cm³/mol. The minimum atomic E-state index is -0.800. The molecule has 0 aromatic heterocycles. The molecule has 128 valence electrons. The molecule has 1 fully saturated rings. The first kappa shape index (κ1) is 17.5. The third-order valence-corrected chi connectivity index (χ3v) is 3.95. The van der Waals surface area contributed by atoms with Crippen molar-refractivity contribution in [1.29, 1.82) is 0 Å². The Morgan fingerprint density at radius 1 is 1.26 bits per heavy atom. The van der Waals surface area contributed by atoms with Gasteiger partial charge in [0.05, 0.1) is 0 Å². The molecule has 1 saturated heterocycles. The molecule has 1 aromatic carbocycles. The van der Waals surface area contributed by atoms with Crippen LogP contribution < -0.4 is 15.5 Å². The van der Waals surface area contributed by atoms with E-state index in [9.17, 15) is 8.78 Å². The fourth-order valence-electron chi connectivity index (χ4n) is 2.70. The van der Waals surface area contributed by atoms with Crippen LogP contribution in [0.1, 0.15) is 26.7 Å². The van der Waals surface area contributed by atoms with E-state index >= 15 is 0 Å². The van der Waals surface area contributed by atoms with E-state index in [1.807, 2.05) is 6.92 Å². The van der Waals surface area contributed by atoms with Crippen LogP contribution in [0.2, 0.25) is 0 Å². The quantitative estimate of drug-likeness (QED) is 0.624. The monoisotopic (exact) mass is 324 g/mol. The second-order valence-corrected chi connectivity index (χ2v) is 5.85. The van der Waals surface area contributed by atoms with Gasteiger partial charge in [0.15, 0.2) is 17.6 Å². The molecule has 1 aliphatic rings. The minimum Gasteiger partial charge on any atom is -0.371 e. The third kappa shape index (κ3) is 5.08. The zero-order chi connectivity index (χ0) is 16.7. The van der Waals surface area contributed by atoms with Crippen LogP contribution in [-0.4, -0.2) is 38.7 Å². The van der Waals surface area contributed by atoms with Gasteiger partial charge in [-0.15, -0.1) is 0 Å². The number of benzene rings is 1. The first-order valence-corrected chi connectivity index (χ1v) is 8.36. The normalized spacial score (nSPS) is 18.3. The molecule has 0 saturated carbocycles. The molecule has 1 aliphatic heterocycles. The van der Waals surface area contributed by atoms with Crippen molar-refractivity contribution >= 4 is 11.6 Å². The number of nitrogens with one attached hydrogen (secondary N) is 2. The number of nitrogens with zero attached hydrogens (tertiary/aromatic N) is 2. The van der Waals surface area contributed by atoms with Crippen LogP contribution in [0.25, 0.3) is 0 Å². The number of rotatable bonds is 6. The second-order valence-electron chi connectivity index (χ2n) is 5.85. The summed E-state index contributed by atoms with van der Waals surface area (Å²) < 4.78 is 26.4. The van der Waals surface area contributed by atoms with Crippen LogP contribution in [0.3, 0.4) is 0 Å². The molecule has 0 amide bonds. The van der Waals surface area contributed by atoms with E-state index in [0.717, 1.165) is 57.2 Å². The Bertz CT molecular complexity index is 533. The van der Waals surface area contributed by atoms with Gasteiger partial charge in [-0.3, -0.25) is 4.99 Å². The van der Waals surface area contributed by atoms with E-state index in [2.05, 4.69) is 27.4 Å². The van der Waals surface area contributed by atoms with Crippen molar-refractivity contribution in [2.45, 2.75) is 26.7 Å². The zero-order valence-corrected chi connectivity index (χ0v) is 13.9. The predicted octanol–water partition coefficient (Wildman–Crippen LogP) is 2.76. The average Bonchev–Trinajstić information content (AvgIpc) is 3.01. The maximum absolute atomic E-state index is 13.3. The van der Waals surface area contributed by atoms with Gasteiger partial charge in [-0.05, 0) is 37.8 Å². The number of anilines is 1. The van der Waals surface area contributed by atoms with E-state index in [1.165, 1.54) is 12.1 Å². The molecule has 6 heteroatoms. The SMILES string of the molecule is CCCNC(=NCC1CCN(c2ccc(F)c(F)c2)C1)NCC. The van der Waals surface area contributed by atoms with Crippen LogP contribution in [0.4, 0.5) is 14.5 Å². The fourth-order valence-corrected chi connectivity index (χ4v) is 2.70. The molecule has 1 aromatic rings. The Morgan fingerprint density at radius 3 is 2.78 bits per heavy atom. The minimum absolute atomic E-state index is 0.431. The molecule has 2 rings (SSSR count). The van der Waals surface area contributed by atoms with Crippen molar-refractivity contribution in [3.8, 4) is 0 Å². The van der Waals surface area contributed by atoms with Crippen LogP contribution in [0.15, 0.2) is 23.2 Å². The summed E-state index contributed by atoms with van der Waals surface area (Å²) in [5.41, 5.74) is 0.742. The highest BCUT2D eigenvalue weighted by molar-refractivity contribution is 5.79. The van der Waals surface area contributed by atoms with Gasteiger partial charge >= 0.3 is 0 Å². The Hall–Kier alpha value is -1.85. The molecular formula is C17H26F2N4. The van der Waals surface area contributed by atoms with Gasteiger partial charge in [0.25, 0.3) is 0 Å². The van der Waals surface area contributed by atoms with Crippen molar-refractivity contribution in [2.24, 2.45) is 10.9 Å². The topological polar surface area (TPSA) is 39.7 Å². The van der Waals surface area contributed by atoms with Crippen molar-refractivity contribution in [3.05, 3.63) is 29.8 Å². The number of aliphatic imine (C=N–C) groups is 1. The Kier molecular flexibility index (Phi) is 6.62. The van der Waals surface area contributed by atoms with E-state index < -0.39 is 11.6 Å². The van der Waals surface area contributed by atoms with Crippen molar-refractivity contribution in [1.82, 2.24) is 10.6 Å². The maximum Gasteiger partial charge on any atom is 0.191 e. The number of hydrogen-bond acceptors (Lipinski definition) is 2. The smallest absolute Gasteiger partial charge is 0.191 e. The van der Waals surface area contributed by atoms with Crippen LogP contribution in [0.5, 0.6) is 0 Å². The van der Waals surface area contributed by atoms with Crippen molar-refractivity contribution in [3.63, 3.8) is 0 Å². The maximum atomic E-state index is 13.3. The van der Waals surface area contributed by atoms with E-state index in [4.69, 9.17) is 0 Å². The van der Waals surface area contributed by atoms with E-state index in [0.29, 0.717) is 5.92 Å². The highest BCUT2D eigenvalue weighted by Gasteiger charge is 2.23.